The summed E-state index contributed by atoms with van der Waals surface area (Å²) in [6, 6.07) is 8.19. The molecule has 104 valence electrons. The van der Waals surface area contributed by atoms with Crippen molar-refractivity contribution in [2.24, 2.45) is 5.73 Å². The van der Waals surface area contributed by atoms with E-state index >= 15 is 0 Å². The molecule has 3 nitrogen and oxygen atoms in total. The maximum atomic E-state index is 6.38. The maximum Gasteiger partial charge on any atom is 0.0672 e. The van der Waals surface area contributed by atoms with E-state index in [2.05, 4.69) is 35.5 Å². The molecular formula is C17H21N3. The first-order valence-corrected chi connectivity index (χ1v) is 6.60. The van der Waals surface area contributed by atoms with Gasteiger partial charge in [0.1, 0.15) is 0 Å². The van der Waals surface area contributed by atoms with Crippen LogP contribution in [0.25, 0.3) is 5.70 Å². The highest BCUT2D eigenvalue weighted by atomic mass is 15.1. The van der Waals surface area contributed by atoms with E-state index < -0.39 is 0 Å². The van der Waals surface area contributed by atoms with Crippen LogP contribution in [-0.2, 0) is 6.54 Å². The van der Waals surface area contributed by atoms with Gasteiger partial charge in [-0.05, 0) is 11.6 Å². The molecule has 0 atom stereocenters. The third-order valence-corrected chi connectivity index (χ3v) is 3.59. The molecule has 0 spiro atoms. The van der Waals surface area contributed by atoms with Crippen molar-refractivity contribution in [1.82, 2.24) is 10.2 Å². The lowest BCUT2D eigenvalue weighted by atomic mass is 9.96. The van der Waals surface area contributed by atoms with Crippen molar-refractivity contribution in [3.8, 4) is 0 Å². The first kappa shape index (κ1) is 14.0. The molecule has 0 unspecified atom stereocenters. The Kier molecular flexibility index (Phi) is 3.99. The van der Waals surface area contributed by atoms with Gasteiger partial charge in [-0.2, -0.15) is 0 Å². The Labute approximate surface area is 120 Å². The van der Waals surface area contributed by atoms with Gasteiger partial charge in [-0.25, -0.2) is 0 Å². The Balaban J connectivity index is 2.80. The maximum absolute atomic E-state index is 6.38. The van der Waals surface area contributed by atoms with Gasteiger partial charge in [0, 0.05) is 37.5 Å². The molecule has 1 aliphatic heterocycles. The minimum absolute atomic E-state index is 0.741. The smallest absolute Gasteiger partial charge is 0.0672 e. The van der Waals surface area contributed by atoms with Crippen LogP contribution in [0.2, 0.25) is 0 Å². The molecule has 3 heteroatoms. The van der Waals surface area contributed by atoms with Crippen LogP contribution in [0.1, 0.15) is 11.1 Å². The van der Waals surface area contributed by atoms with Gasteiger partial charge < -0.3 is 16.0 Å². The van der Waals surface area contributed by atoms with Crippen LogP contribution in [0.3, 0.4) is 0 Å². The van der Waals surface area contributed by atoms with Crippen LogP contribution < -0.4 is 11.1 Å². The molecule has 0 saturated carbocycles. The molecule has 1 heterocycles. The zero-order chi connectivity index (χ0) is 14.7. The molecule has 0 bridgehead atoms. The quantitative estimate of drug-likeness (QED) is 0.884. The monoisotopic (exact) mass is 267 g/mol. The molecule has 0 saturated heterocycles. The highest BCUT2D eigenvalue weighted by molar-refractivity contribution is 5.74. The molecule has 0 amide bonds. The predicted octanol–water partition coefficient (Wildman–Crippen LogP) is 2.60. The summed E-state index contributed by atoms with van der Waals surface area (Å²) in [4.78, 5) is 2.16. The van der Waals surface area contributed by atoms with Crippen molar-refractivity contribution in [2.75, 3.05) is 14.1 Å². The van der Waals surface area contributed by atoms with Crippen molar-refractivity contribution in [3.63, 3.8) is 0 Å². The van der Waals surface area contributed by atoms with Gasteiger partial charge >= 0.3 is 0 Å². The minimum Gasteiger partial charge on any atom is -0.397 e. The topological polar surface area (TPSA) is 41.3 Å². The van der Waals surface area contributed by atoms with Crippen molar-refractivity contribution in [3.05, 3.63) is 77.7 Å². The summed E-state index contributed by atoms with van der Waals surface area (Å²) in [5.41, 5.74) is 12.2. The Hall–Kier alpha value is -2.42. The SMILES string of the molecule is C=CC1=C(\C=C)N(C)Cc2ccccc2/C(N)=C\1NC. The van der Waals surface area contributed by atoms with Crippen LogP contribution in [0.4, 0.5) is 0 Å². The number of hydrogen-bond acceptors (Lipinski definition) is 3. The van der Waals surface area contributed by atoms with Crippen molar-refractivity contribution in [1.29, 1.82) is 0 Å². The number of fused-ring (bicyclic) bond motifs is 1. The van der Waals surface area contributed by atoms with E-state index in [1.807, 2.05) is 38.4 Å². The number of hydrogen-bond donors (Lipinski definition) is 2. The predicted molar refractivity (Wildman–Crippen MR) is 85.5 cm³/mol. The summed E-state index contributed by atoms with van der Waals surface area (Å²) in [5, 5.41) is 3.20. The first-order valence-electron chi connectivity index (χ1n) is 6.60. The van der Waals surface area contributed by atoms with Crippen LogP contribution in [0.5, 0.6) is 0 Å². The third-order valence-electron chi connectivity index (χ3n) is 3.59. The third kappa shape index (κ3) is 2.23. The molecule has 20 heavy (non-hydrogen) atoms. The molecule has 0 fully saturated rings. The molecule has 0 aromatic heterocycles. The van der Waals surface area contributed by atoms with E-state index in [9.17, 15) is 0 Å². The standard InChI is InChI=1S/C17H21N3/c1-5-13-15(6-2)20(4)11-12-9-7-8-10-14(12)16(18)17(13)19-3/h5-10,19H,1-2,11,18H2,3-4H3/b15-13-,17-16-. The summed E-state index contributed by atoms with van der Waals surface area (Å²) in [5.74, 6) is 0. The van der Waals surface area contributed by atoms with Gasteiger partial charge in [-0.1, -0.05) is 43.5 Å². The average molecular weight is 267 g/mol. The number of rotatable bonds is 3. The van der Waals surface area contributed by atoms with Crippen LogP contribution in [0, 0.1) is 0 Å². The highest BCUT2D eigenvalue weighted by Crippen LogP contribution is 2.29. The van der Waals surface area contributed by atoms with Gasteiger partial charge in [0.15, 0.2) is 0 Å². The fraction of sp³-hybridized carbons (Fsp3) is 0.176. The van der Waals surface area contributed by atoms with Gasteiger partial charge in [-0.15, -0.1) is 0 Å². The highest BCUT2D eigenvalue weighted by Gasteiger charge is 2.19. The van der Waals surface area contributed by atoms with Crippen LogP contribution >= 0.6 is 0 Å². The molecule has 0 aliphatic carbocycles. The number of nitrogens with zero attached hydrogens (tertiary/aromatic N) is 1. The molecular weight excluding hydrogens is 246 g/mol. The van der Waals surface area contributed by atoms with Gasteiger partial charge in [0.05, 0.1) is 11.4 Å². The molecule has 2 rings (SSSR count). The van der Waals surface area contributed by atoms with Crippen LogP contribution in [0.15, 0.2) is 66.5 Å². The number of allylic oxidation sites excluding steroid dienone is 2. The molecule has 1 aromatic rings. The van der Waals surface area contributed by atoms with Gasteiger partial charge in [0.25, 0.3) is 0 Å². The lowest BCUT2D eigenvalue weighted by Crippen LogP contribution is -2.25. The van der Waals surface area contributed by atoms with E-state index in [1.165, 1.54) is 5.56 Å². The van der Waals surface area contributed by atoms with Crippen LogP contribution in [-0.4, -0.2) is 19.0 Å². The Morgan fingerprint density at radius 3 is 2.55 bits per heavy atom. The molecule has 1 aliphatic rings. The Bertz CT molecular complexity index is 608. The number of likely N-dealkylation sites (N-methyl/N-ethyl adjacent to an activating group) is 2. The summed E-state index contributed by atoms with van der Waals surface area (Å²) >= 11 is 0. The zero-order valence-corrected chi connectivity index (χ0v) is 12.1. The summed E-state index contributed by atoms with van der Waals surface area (Å²) in [7, 11) is 3.92. The second kappa shape index (κ2) is 5.70. The molecule has 1 aromatic carbocycles. The number of benzene rings is 1. The normalized spacial score (nSPS) is 22.6. The van der Waals surface area contributed by atoms with Crippen molar-refractivity contribution >= 4 is 5.70 Å². The second-order valence-corrected chi connectivity index (χ2v) is 4.76. The summed E-state index contributed by atoms with van der Waals surface area (Å²) in [6.07, 6.45) is 3.66. The van der Waals surface area contributed by atoms with Gasteiger partial charge in [0.2, 0.25) is 0 Å². The van der Waals surface area contributed by atoms with Crippen molar-refractivity contribution in [2.45, 2.75) is 6.54 Å². The number of nitrogens with one attached hydrogen (secondary N) is 1. The Morgan fingerprint density at radius 1 is 1.25 bits per heavy atom. The Morgan fingerprint density at radius 2 is 1.95 bits per heavy atom. The van der Waals surface area contributed by atoms with Crippen molar-refractivity contribution < 1.29 is 0 Å². The lowest BCUT2D eigenvalue weighted by molar-refractivity contribution is 0.420. The number of nitrogens with two attached hydrogens (primary N) is 1. The zero-order valence-electron chi connectivity index (χ0n) is 12.1. The lowest BCUT2D eigenvalue weighted by Gasteiger charge is -2.28. The largest absolute Gasteiger partial charge is 0.397 e. The van der Waals surface area contributed by atoms with E-state index in [0.717, 1.165) is 34.8 Å². The van der Waals surface area contributed by atoms with E-state index in [0.29, 0.717) is 0 Å². The summed E-state index contributed by atoms with van der Waals surface area (Å²) in [6.45, 7) is 8.62. The van der Waals surface area contributed by atoms with Gasteiger partial charge in [-0.3, -0.25) is 0 Å². The van der Waals surface area contributed by atoms with E-state index in [1.54, 1.807) is 0 Å². The molecule has 0 radical (unpaired) electrons. The summed E-state index contributed by atoms with van der Waals surface area (Å²) < 4.78 is 0. The van der Waals surface area contributed by atoms with E-state index in [4.69, 9.17) is 5.73 Å². The fourth-order valence-electron chi connectivity index (χ4n) is 2.62. The fourth-order valence-corrected chi connectivity index (χ4v) is 2.62. The minimum atomic E-state index is 0.741. The second-order valence-electron chi connectivity index (χ2n) is 4.76. The first-order chi connectivity index (χ1) is 9.63. The average Bonchev–Trinajstić information content (AvgIpc) is 2.46. The van der Waals surface area contributed by atoms with E-state index in [-0.39, 0.29) is 0 Å². The molecule has 3 N–H and O–H groups in total.